The Hall–Kier alpha value is -3.71. The van der Waals surface area contributed by atoms with Crippen molar-refractivity contribution in [2.24, 2.45) is 5.73 Å². The number of hydrogen-bond acceptors (Lipinski definition) is 4. The molecule has 3 aromatic carbocycles. The highest BCUT2D eigenvalue weighted by atomic mass is 19.1. The highest BCUT2D eigenvalue weighted by Crippen LogP contribution is 2.29. The van der Waals surface area contributed by atoms with E-state index >= 15 is 0 Å². The first-order valence-corrected chi connectivity index (χ1v) is 11.5. The maximum absolute atomic E-state index is 14.7. The number of nitrogens with two attached hydrogens (primary N) is 1. The topological polar surface area (TPSA) is 94.2 Å². The number of amides is 1. The molecule has 4 rings (SSSR count). The summed E-state index contributed by atoms with van der Waals surface area (Å²) in [4.78, 5) is 15.4. The van der Waals surface area contributed by atoms with Gasteiger partial charge in [0.05, 0.1) is 0 Å². The van der Waals surface area contributed by atoms with E-state index in [9.17, 15) is 9.18 Å². The molecule has 176 valence electrons. The number of anilines is 3. The molecule has 6 nitrogen and oxygen atoms in total. The van der Waals surface area contributed by atoms with Crippen molar-refractivity contribution in [2.45, 2.75) is 38.8 Å². The molecule has 7 heteroatoms. The average molecular weight is 460 g/mol. The van der Waals surface area contributed by atoms with Gasteiger partial charge in [-0.3, -0.25) is 10.2 Å². The summed E-state index contributed by atoms with van der Waals surface area (Å²) in [6.45, 7) is 3.16. The van der Waals surface area contributed by atoms with Crippen molar-refractivity contribution in [3.63, 3.8) is 0 Å². The van der Waals surface area contributed by atoms with E-state index in [0.717, 1.165) is 42.6 Å². The molecule has 0 spiro atoms. The quantitative estimate of drug-likeness (QED) is 0.383. The van der Waals surface area contributed by atoms with Gasteiger partial charge in [-0.15, -0.1) is 0 Å². The molecule has 1 aliphatic rings. The minimum Gasteiger partial charge on any atom is -0.370 e. The number of rotatable bonds is 7. The highest BCUT2D eigenvalue weighted by Gasteiger charge is 2.24. The fraction of sp³-hybridized carbons (Fsp3) is 0.259. The summed E-state index contributed by atoms with van der Waals surface area (Å²) < 4.78 is 14.7. The third kappa shape index (κ3) is 5.26. The van der Waals surface area contributed by atoms with Crippen LogP contribution < -0.4 is 21.3 Å². The van der Waals surface area contributed by atoms with Crippen LogP contribution in [0.4, 0.5) is 21.5 Å². The van der Waals surface area contributed by atoms with Crippen LogP contribution in [0.25, 0.3) is 0 Å². The van der Waals surface area contributed by atoms with Crippen LogP contribution in [0.5, 0.6) is 0 Å². The SMILES string of the molecule is Cc1cc(NC(=O)C(Nc2cccc(CN)c2)c2ccccc2F)ccc1N1CCCCC1=N. The standard InChI is InChI=1S/C27H30FN5O/c1-18-15-21(12-13-24(18)33-14-5-4-11-25(33)30)32-27(34)26(22-9-2-3-10-23(22)28)31-20-8-6-7-19(16-20)17-29/h2-3,6-10,12-13,15-16,26,30-31H,4-5,11,14,17,29H2,1H3,(H,32,34). The molecule has 5 N–H and O–H groups in total. The van der Waals surface area contributed by atoms with Crippen molar-refractivity contribution in [3.8, 4) is 0 Å². The monoisotopic (exact) mass is 459 g/mol. The van der Waals surface area contributed by atoms with Crippen LogP contribution >= 0.6 is 0 Å². The third-order valence-corrected chi connectivity index (χ3v) is 6.08. The first-order chi connectivity index (χ1) is 16.5. The Labute approximate surface area is 199 Å². The zero-order valence-electron chi connectivity index (χ0n) is 19.3. The van der Waals surface area contributed by atoms with Gasteiger partial charge in [-0.25, -0.2) is 4.39 Å². The normalized spacial score (nSPS) is 14.6. The van der Waals surface area contributed by atoms with E-state index in [2.05, 4.69) is 10.6 Å². The summed E-state index contributed by atoms with van der Waals surface area (Å²) in [5, 5.41) is 14.4. The number of amidine groups is 1. The molecular formula is C27H30FN5O. The van der Waals surface area contributed by atoms with E-state index in [0.29, 0.717) is 23.8 Å². The van der Waals surface area contributed by atoms with Crippen LogP contribution in [-0.4, -0.2) is 18.3 Å². The van der Waals surface area contributed by atoms with Crippen LogP contribution in [0.2, 0.25) is 0 Å². The summed E-state index contributed by atoms with van der Waals surface area (Å²) in [6, 6.07) is 18.4. The van der Waals surface area contributed by atoms with E-state index in [1.165, 1.54) is 6.07 Å². The molecule has 0 saturated carbocycles. The van der Waals surface area contributed by atoms with Crippen molar-refractivity contribution in [1.82, 2.24) is 0 Å². The molecule has 0 radical (unpaired) electrons. The van der Waals surface area contributed by atoms with Crippen LogP contribution in [0.15, 0.2) is 66.7 Å². The zero-order chi connectivity index (χ0) is 24.1. The molecule has 34 heavy (non-hydrogen) atoms. The molecule has 1 aliphatic heterocycles. The molecule has 0 bridgehead atoms. The second-order valence-corrected chi connectivity index (χ2v) is 8.55. The Morgan fingerprint density at radius 1 is 1.09 bits per heavy atom. The summed E-state index contributed by atoms with van der Waals surface area (Å²) in [5.74, 6) is -0.212. The van der Waals surface area contributed by atoms with Crippen molar-refractivity contribution in [1.29, 1.82) is 5.41 Å². The summed E-state index contributed by atoms with van der Waals surface area (Å²) >= 11 is 0. The van der Waals surface area contributed by atoms with E-state index < -0.39 is 11.9 Å². The van der Waals surface area contributed by atoms with E-state index in [1.54, 1.807) is 18.2 Å². The third-order valence-electron chi connectivity index (χ3n) is 6.08. The van der Waals surface area contributed by atoms with Gasteiger partial charge in [-0.05, 0) is 67.3 Å². The molecule has 1 unspecified atom stereocenters. The molecule has 1 fully saturated rings. The molecule has 1 atom stereocenters. The minimum absolute atomic E-state index is 0.258. The van der Waals surface area contributed by atoms with Crippen molar-refractivity contribution in [3.05, 3.63) is 89.2 Å². The van der Waals surface area contributed by atoms with E-state index in [-0.39, 0.29) is 11.5 Å². The maximum atomic E-state index is 14.7. The van der Waals surface area contributed by atoms with Gasteiger partial charge in [0.25, 0.3) is 5.91 Å². The number of carbonyl (C=O) groups is 1. The van der Waals surface area contributed by atoms with Crippen LogP contribution in [0, 0.1) is 18.2 Å². The lowest BCUT2D eigenvalue weighted by atomic mass is 10.0. The van der Waals surface area contributed by atoms with E-state index in [1.807, 2.05) is 54.3 Å². The fourth-order valence-electron chi connectivity index (χ4n) is 4.30. The smallest absolute Gasteiger partial charge is 0.251 e. The summed E-state index contributed by atoms with van der Waals surface area (Å²) in [5.41, 5.74) is 10.2. The van der Waals surface area contributed by atoms with Gasteiger partial charge in [0.15, 0.2) is 0 Å². The number of aryl methyl sites for hydroxylation is 1. The first kappa shape index (κ1) is 23.4. The highest BCUT2D eigenvalue weighted by molar-refractivity contribution is 5.99. The van der Waals surface area contributed by atoms with E-state index in [4.69, 9.17) is 11.1 Å². The summed E-state index contributed by atoms with van der Waals surface area (Å²) in [6.07, 6.45) is 2.88. The molecule has 1 saturated heterocycles. The number of nitrogens with one attached hydrogen (secondary N) is 3. The Morgan fingerprint density at radius 3 is 2.65 bits per heavy atom. The molecule has 0 aliphatic carbocycles. The molecule has 3 aromatic rings. The zero-order valence-corrected chi connectivity index (χ0v) is 19.3. The van der Waals surface area contributed by atoms with Crippen molar-refractivity contribution >= 4 is 28.8 Å². The van der Waals surface area contributed by atoms with Gasteiger partial charge in [0, 0.05) is 42.1 Å². The number of hydrogen-bond donors (Lipinski definition) is 4. The second kappa shape index (κ2) is 10.5. The lowest BCUT2D eigenvalue weighted by molar-refractivity contribution is -0.117. The number of piperidine rings is 1. The predicted octanol–water partition coefficient (Wildman–Crippen LogP) is 5.35. The number of benzene rings is 3. The Bertz CT molecular complexity index is 1200. The van der Waals surface area contributed by atoms with Gasteiger partial charge >= 0.3 is 0 Å². The molecule has 0 aromatic heterocycles. The van der Waals surface area contributed by atoms with Gasteiger partial charge in [-0.2, -0.15) is 0 Å². The lowest BCUT2D eigenvalue weighted by Crippen LogP contribution is -2.35. The Balaban J connectivity index is 1.58. The van der Waals surface area contributed by atoms with Gasteiger partial charge in [0.1, 0.15) is 17.7 Å². The fourth-order valence-corrected chi connectivity index (χ4v) is 4.30. The largest absolute Gasteiger partial charge is 0.370 e. The predicted molar refractivity (Wildman–Crippen MR) is 136 cm³/mol. The van der Waals surface area contributed by atoms with Crippen LogP contribution in [0.1, 0.15) is 42.0 Å². The van der Waals surface area contributed by atoms with Crippen LogP contribution in [-0.2, 0) is 11.3 Å². The maximum Gasteiger partial charge on any atom is 0.251 e. The van der Waals surface area contributed by atoms with Gasteiger partial charge in [0.2, 0.25) is 0 Å². The number of nitrogens with zero attached hydrogens (tertiary/aromatic N) is 1. The summed E-state index contributed by atoms with van der Waals surface area (Å²) in [7, 11) is 0. The molecular weight excluding hydrogens is 429 g/mol. The number of carbonyl (C=O) groups excluding carboxylic acids is 1. The van der Waals surface area contributed by atoms with Crippen LogP contribution in [0.3, 0.4) is 0 Å². The average Bonchev–Trinajstić information content (AvgIpc) is 2.84. The Kier molecular flexibility index (Phi) is 7.23. The molecule has 1 heterocycles. The lowest BCUT2D eigenvalue weighted by Gasteiger charge is -2.31. The van der Waals surface area contributed by atoms with Gasteiger partial charge in [-0.1, -0.05) is 30.3 Å². The first-order valence-electron chi connectivity index (χ1n) is 11.5. The van der Waals surface area contributed by atoms with Crippen molar-refractivity contribution in [2.75, 3.05) is 22.1 Å². The minimum atomic E-state index is -0.940. The number of halogens is 1. The molecule has 1 amide bonds. The Morgan fingerprint density at radius 2 is 1.91 bits per heavy atom. The van der Waals surface area contributed by atoms with Gasteiger partial charge < -0.3 is 21.3 Å². The van der Waals surface area contributed by atoms with Crippen molar-refractivity contribution < 1.29 is 9.18 Å². The second-order valence-electron chi connectivity index (χ2n) is 8.55.